The van der Waals surface area contributed by atoms with Crippen molar-refractivity contribution in [1.82, 2.24) is 5.32 Å². The Labute approximate surface area is 148 Å². The van der Waals surface area contributed by atoms with Crippen LogP contribution in [-0.2, 0) is 0 Å². The van der Waals surface area contributed by atoms with Gasteiger partial charge >= 0.3 is 5.97 Å². The lowest BCUT2D eigenvalue weighted by Gasteiger charge is -2.39. The number of carboxylic acids is 1. The highest BCUT2D eigenvalue weighted by Gasteiger charge is 2.31. The molecule has 0 bridgehead atoms. The van der Waals surface area contributed by atoms with Crippen LogP contribution < -0.4 is 5.32 Å². The first-order valence-electron chi connectivity index (χ1n) is 7.58. The minimum atomic E-state index is -1.24. The first kappa shape index (κ1) is 19.9. The Bertz CT molecular complexity index is 563. The maximum atomic E-state index is 12.5. The zero-order valence-electron chi connectivity index (χ0n) is 13.7. The predicted octanol–water partition coefficient (Wildman–Crippen LogP) is 4.53. The number of aromatic carboxylic acids is 1. The molecule has 0 saturated heterocycles. The highest BCUT2D eigenvalue weighted by molar-refractivity contribution is 8.11. The highest BCUT2D eigenvalue weighted by atomic mass is 32.1. The number of carboxylic acid groups (broad SMARTS) is 1. The molecule has 0 aliphatic heterocycles. The summed E-state index contributed by atoms with van der Waals surface area (Å²) >= 11 is 9.06. The molecule has 0 aromatic heterocycles. The Morgan fingerprint density at radius 2 is 2.00 bits per heavy atom. The third kappa shape index (κ3) is 7.31. The van der Waals surface area contributed by atoms with Gasteiger partial charge in [-0.3, -0.25) is 0 Å². The summed E-state index contributed by atoms with van der Waals surface area (Å²) in [5.41, 5.74) is 0.163. The molecule has 2 unspecified atom stereocenters. The third-order valence-electron chi connectivity index (χ3n) is 3.82. The van der Waals surface area contributed by atoms with Crippen LogP contribution in [0.5, 0.6) is 0 Å². The fourth-order valence-electron chi connectivity index (χ4n) is 3.27. The van der Waals surface area contributed by atoms with Crippen LogP contribution in [0.2, 0.25) is 0 Å². The van der Waals surface area contributed by atoms with Gasteiger partial charge < -0.3 is 10.4 Å². The molecule has 1 aliphatic rings. The molecule has 2 atom stereocenters. The topological polar surface area (TPSA) is 49.3 Å². The summed E-state index contributed by atoms with van der Waals surface area (Å²) < 4.78 is 13.1. The first-order valence-corrected chi connectivity index (χ1v) is 8.43. The number of thiol groups is 1. The van der Waals surface area contributed by atoms with Crippen molar-refractivity contribution >= 4 is 35.1 Å². The molecule has 3 nitrogen and oxygen atoms in total. The second-order valence-corrected chi connectivity index (χ2v) is 8.00. The van der Waals surface area contributed by atoms with Gasteiger partial charge in [0.15, 0.2) is 0 Å². The fourth-order valence-corrected chi connectivity index (χ4v) is 3.61. The molecule has 1 aromatic carbocycles. The van der Waals surface area contributed by atoms with Crippen molar-refractivity contribution in [1.29, 1.82) is 0 Å². The van der Waals surface area contributed by atoms with Gasteiger partial charge in [-0.25, -0.2) is 9.18 Å². The molecule has 1 aliphatic carbocycles. The zero-order chi connectivity index (χ0) is 17.6. The molecular weight excluding hydrogens is 333 g/mol. The van der Waals surface area contributed by atoms with E-state index < -0.39 is 11.8 Å². The van der Waals surface area contributed by atoms with E-state index in [9.17, 15) is 9.18 Å². The summed E-state index contributed by atoms with van der Waals surface area (Å²) in [5, 5.41) is 11.6. The van der Waals surface area contributed by atoms with Gasteiger partial charge in [-0.1, -0.05) is 45.1 Å². The predicted molar refractivity (Wildman–Crippen MR) is 98.7 cm³/mol. The number of carbonyl (C=O) groups is 1. The lowest BCUT2D eigenvalue weighted by Crippen LogP contribution is -2.41. The van der Waals surface area contributed by atoms with Crippen LogP contribution in [0.25, 0.3) is 0 Å². The van der Waals surface area contributed by atoms with Crippen LogP contribution >= 0.6 is 24.8 Å². The number of hydrogen-bond donors (Lipinski definition) is 3. The van der Waals surface area contributed by atoms with E-state index in [1.807, 2.05) is 0 Å². The monoisotopic (exact) mass is 357 g/mol. The van der Waals surface area contributed by atoms with Crippen molar-refractivity contribution in [3.8, 4) is 0 Å². The molecule has 0 amide bonds. The Kier molecular flexibility index (Phi) is 7.48. The summed E-state index contributed by atoms with van der Waals surface area (Å²) in [6.07, 6.45) is 3.76. The van der Waals surface area contributed by atoms with E-state index in [-0.39, 0.29) is 5.56 Å². The van der Waals surface area contributed by atoms with Crippen molar-refractivity contribution in [2.24, 2.45) is 11.3 Å². The summed E-state index contributed by atoms with van der Waals surface area (Å²) in [6.45, 7) is 6.98. The number of nitrogens with one attached hydrogen (secondary N) is 1. The van der Waals surface area contributed by atoms with E-state index in [0.29, 0.717) is 15.8 Å². The van der Waals surface area contributed by atoms with E-state index in [4.69, 9.17) is 17.3 Å². The van der Waals surface area contributed by atoms with Crippen LogP contribution in [0.15, 0.2) is 24.3 Å². The maximum absolute atomic E-state index is 12.5. The van der Waals surface area contributed by atoms with Crippen molar-refractivity contribution in [2.45, 2.75) is 46.1 Å². The number of benzene rings is 1. The molecular formula is C17H24FNO2S2. The Balaban J connectivity index is 0.000000238. The lowest BCUT2D eigenvalue weighted by atomic mass is 9.71. The second kappa shape index (κ2) is 8.64. The normalized spacial score (nSPS) is 22.5. The molecule has 23 heavy (non-hydrogen) atoms. The van der Waals surface area contributed by atoms with Gasteiger partial charge in [0.25, 0.3) is 0 Å². The Morgan fingerprint density at radius 1 is 1.39 bits per heavy atom. The maximum Gasteiger partial charge on any atom is 0.338 e. The lowest BCUT2D eigenvalue weighted by molar-refractivity contribution is 0.0692. The minimum Gasteiger partial charge on any atom is -0.478 e. The van der Waals surface area contributed by atoms with Gasteiger partial charge in [-0.05, 0) is 42.7 Å². The summed E-state index contributed by atoms with van der Waals surface area (Å²) in [4.78, 5) is 10.2. The minimum absolute atomic E-state index is 0.289. The van der Waals surface area contributed by atoms with E-state index in [1.54, 1.807) is 0 Å². The van der Waals surface area contributed by atoms with Crippen molar-refractivity contribution in [3.63, 3.8) is 0 Å². The first-order chi connectivity index (χ1) is 10.6. The number of rotatable bonds is 2. The molecule has 0 heterocycles. The number of halogens is 1. The third-order valence-corrected chi connectivity index (χ3v) is 4.07. The number of hydrogen-bond acceptors (Lipinski definition) is 2. The van der Waals surface area contributed by atoms with Gasteiger partial charge in [0.05, 0.1) is 5.56 Å². The van der Waals surface area contributed by atoms with E-state index in [0.717, 1.165) is 12.0 Å². The molecule has 1 saturated carbocycles. The Morgan fingerprint density at radius 3 is 2.43 bits per heavy atom. The standard InChI is InChI=1S/C10H19NS2.C7H5FO2/c1-7-4-8(11-9(12)13)6-10(2,3)5-7;8-6-4-2-1-3-5(6)7(9)10/h7-8H,4-6H2,1-3H3,(H2,11,12,13);1-4H,(H,9,10). The summed E-state index contributed by atoms with van der Waals surface area (Å²) in [5.74, 6) is -1.14. The van der Waals surface area contributed by atoms with Crippen molar-refractivity contribution in [2.75, 3.05) is 0 Å². The zero-order valence-corrected chi connectivity index (χ0v) is 15.4. The smallest absolute Gasteiger partial charge is 0.338 e. The van der Waals surface area contributed by atoms with Crippen molar-refractivity contribution < 1.29 is 14.3 Å². The Hall–Kier alpha value is -1.14. The fraction of sp³-hybridized carbons (Fsp3) is 0.529. The highest BCUT2D eigenvalue weighted by Crippen LogP contribution is 2.38. The van der Waals surface area contributed by atoms with Crippen LogP contribution in [0.3, 0.4) is 0 Å². The summed E-state index contributed by atoms with van der Waals surface area (Å²) in [6, 6.07) is 5.79. The molecule has 6 heteroatoms. The summed E-state index contributed by atoms with van der Waals surface area (Å²) in [7, 11) is 0. The van der Waals surface area contributed by atoms with E-state index in [1.165, 1.54) is 37.5 Å². The van der Waals surface area contributed by atoms with Gasteiger partial charge in [-0.2, -0.15) is 0 Å². The number of thiocarbonyl (C=S) groups is 1. The molecule has 1 fully saturated rings. The quantitative estimate of drug-likeness (QED) is 0.538. The largest absolute Gasteiger partial charge is 0.478 e. The van der Waals surface area contributed by atoms with Crippen LogP contribution in [0, 0.1) is 17.2 Å². The van der Waals surface area contributed by atoms with Crippen LogP contribution in [-0.4, -0.2) is 21.4 Å². The van der Waals surface area contributed by atoms with Crippen LogP contribution in [0.1, 0.15) is 50.4 Å². The SMILES string of the molecule is CC1CC(NC(=S)S)CC(C)(C)C1.O=C(O)c1ccccc1F. The van der Waals surface area contributed by atoms with E-state index >= 15 is 0 Å². The average molecular weight is 358 g/mol. The van der Waals surface area contributed by atoms with E-state index in [2.05, 4.69) is 38.7 Å². The molecule has 128 valence electrons. The average Bonchev–Trinajstić information content (AvgIpc) is 2.36. The van der Waals surface area contributed by atoms with Crippen molar-refractivity contribution in [3.05, 3.63) is 35.6 Å². The van der Waals surface area contributed by atoms with Gasteiger partial charge in [0.2, 0.25) is 0 Å². The van der Waals surface area contributed by atoms with Gasteiger partial charge in [0.1, 0.15) is 10.1 Å². The molecule has 2 N–H and O–H groups in total. The van der Waals surface area contributed by atoms with Gasteiger partial charge in [0, 0.05) is 6.04 Å². The molecule has 0 spiro atoms. The molecule has 2 rings (SSSR count). The second-order valence-electron chi connectivity index (χ2n) is 6.84. The van der Waals surface area contributed by atoms with Gasteiger partial charge in [-0.15, -0.1) is 12.6 Å². The molecule has 1 aromatic rings. The van der Waals surface area contributed by atoms with Crippen LogP contribution in [0.4, 0.5) is 4.39 Å². The molecule has 0 radical (unpaired) electrons.